The van der Waals surface area contributed by atoms with Gasteiger partial charge in [-0.1, -0.05) is 12.1 Å². The van der Waals surface area contributed by atoms with Gasteiger partial charge in [0.15, 0.2) is 11.6 Å². The minimum absolute atomic E-state index is 0.00185. The first-order chi connectivity index (χ1) is 12.1. The van der Waals surface area contributed by atoms with Gasteiger partial charge >= 0.3 is 0 Å². The molecule has 0 radical (unpaired) electrons. The number of carbonyl (C=O) groups excluding carboxylic acids is 1. The van der Waals surface area contributed by atoms with Gasteiger partial charge in [0.05, 0.1) is 16.9 Å². The first-order valence-electron chi connectivity index (χ1n) is 8.21. The van der Waals surface area contributed by atoms with Crippen LogP contribution in [-0.4, -0.2) is 25.8 Å². The summed E-state index contributed by atoms with van der Waals surface area (Å²) in [6.45, 7) is 1.89. The summed E-state index contributed by atoms with van der Waals surface area (Å²) < 4.78 is 0. The van der Waals surface area contributed by atoms with E-state index < -0.39 is 5.91 Å². The highest BCUT2D eigenvalue weighted by atomic mass is 16.2. The Labute approximate surface area is 143 Å². The van der Waals surface area contributed by atoms with Gasteiger partial charge in [-0.2, -0.15) is 0 Å². The van der Waals surface area contributed by atoms with E-state index in [1.807, 2.05) is 13.0 Å². The highest BCUT2D eigenvalue weighted by molar-refractivity contribution is 5.92. The number of nitrogens with one attached hydrogen (secondary N) is 2. The van der Waals surface area contributed by atoms with Gasteiger partial charge < -0.3 is 10.3 Å². The SMILES string of the molecule is Cc1ccnc(C(NC(=O)c2nc3ccccc3c(=O)[nH]2)C2CC2)n1. The number of carbonyl (C=O) groups is 1. The average Bonchev–Trinajstić information content (AvgIpc) is 3.44. The van der Waals surface area contributed by atoms with Crippen LogP contribution in [0.3, 0.4) is 0 Å². The number of aromatic nitrogens is 4. The third-order valence-electron chi connectivity index (χ3n) is 4.30. The Morgan fingerprint density at radius 1 is 1.24 bits per heavy atom. The number of benzene rings is 1. The van der Waals surface area contributed by atoms with Crippen molar-refractivity contribution in [1.82, 2.24) is 25.3 Å². The molecule has 1 aromatic carbocycles. The topological polar surface area (TPSA) is 101 Å². The maximum atomic E-state index is 12.6. The summed E-state index contributed by atoms with van der Waals surface area (Å²) in [5.41, 5.74) is 1.01. The molecule has 2 heterocycles. The van der Waals surface area contributed by atoms with Crippen LogP contribution in [0.4, 0.5) is 0 Å². The summed E-state index contributed by atoms with van der Waals surface area (Å²) >= 11 is 0. The van der Waals surface area contributed by atoms with Crippen molar-refractivity contribution >= 4 is 16.8 Å². The number of hydrogen-bond donors (Lipinski definition) is 2. The lowest BCUT2D eigenvalue weighted by atomic mass is 10.1. The normalized spacial score (nSPS) is 15.1. The van der Waals surface area contributed by atoms with Crippen molar-refractivity contribution in [3.05, 3.63) is 64.2 Å². The van der Waals surface area contributed by atoms with E-state index in [1.165, 1.54) is 0 Å². The third-order valence-corrected chi connectivity index (χ3v) is 4.30. The Bertz CT molecular complexity index is 1010. The number of H-pyrrole nitrogens is 1. The van der Waals surface area contributed by atoms with Gasteiger partial charge in [-0.05, 0) is 43.9 Å². The monoisotopic (exact) mass is 335 g/mol. The molecule has 0 spiro atoms. The molecule has 7 nitrogen and oxygen atoms in total. The van der Waals surface area contributed by atoms with E-state index >= 15 is 0 Å². The molecule has 1 aliphatic carbocycles. The Kier molecular flexibility index (Phi) is 3.76. The minimum Gasteiger partial charge on any atom is -0.339 e. The molecular weight excluding hydrogens is 318 g/mol. The molecule has 3 aromatic rings. The Hall–Kier alpha value is -3.09. The van der Waals surface area contributed by atoms with Crippen LogP contribution in [0.15, 0.2) is 41.3 Å². The van der Waals surface area contributed by atoms with Gasteiger partial charge in [0.25, 0.3) is 11.5 Å². The molecule has 2 N–H and O–H groups in total. The molecule has 1 aliphatic rings. The van der Waals surface area contributed by atoms with Gasteiger partial charge in [0, 0.05) is 11.9 Å². The van der Waals surface area contributed by atoms with E-state index in [4.69, 9.17) is 0 Å². The first-order valence-corrected chi connectivity index (χ1v) is 8.21. The molecule has 1 atom stereocenters. The Morgan fingerprint density at radius 2 is 2.04 bits per heavy atom. The molecular formula is C18H17N5O2. The molecule has 7 heteroatoms. The van der Waals surface area contributed by atoms with E-state index in [2.05, 4.69) is 25.3 Å². The molecule has 0 saturated heterocycles. The summed E-state index contributed by atoms with van der Waals surface area (Å²) in [6, 6.07) is 8.47. The number of para-hydroxylation sites is 1. The van der Waals surface area contributed by atoms with Crippen molar-refractivity contribution in [2.75, 3.05) is 0 Å². The largest absolute Gasteiger partial charge is 0.339 e. The van der Waals surface area contributed by atoms with E-state index in [9.17, 15) is 9.59 Å². The van der Waals surface area contributed by atoms with Crippen LogP contribution in [0.5, 0.6) is 0 Å². The molecule has 2 aromatic heterocycles. The van der Waals surface area contributed by atoms with Gasteiger partial charge in [-0.3, -0.25) is 9.59 Å². The molecule has 4 rings (SSSR count). The predicted molar refractivity (Wildman–Crippen MR) is 92.1 cm³/mol. The van der Waals surface area contributed by atoms with Gasteiger partial charge in [-0.25, -0.2) is 15.0 Å². The van der Waals surface area contributed by atoms with Crippen LogP contribution < -0.4 is 10.9 Å². The van der Waals surface area contributed by atoms with Crippen molar-refractivity contribution in [3.8, 4) is 0 Å². The summed E-state index contributed by atoms with van der Waals surface area (Å²) in [5, 5.41) is 3.39. The number of aromatic amines is 1. The summed E-state index contributed by atoms with van der Waals surface area (Å²) in [6.07, 6.45) is 3.73. The fraction of sp³-hybridized carbons (Fsp3) is 0.278. The second-order valence-electron chi connectivity index (χ2n) is 6.28. The lowest BCUT2D eigenvalue weighted by Gasteiger charge is -2.16. The zero-order valence-electron chi connectivity index (χ0n) is 13.7. The second kappa shape index (κ2) is 6.08. The van der Waals surface area contributed by atoms with Crippen molar-refractivity contribution in [2.45, 2.75) is 25.8 Å². The van der Waals surface area contributed by atoms with E-state index in [0.29, 0.717) is 22.6 Å². The molecule has 1 saturated carbocycles. The fourth-order valence-corrected chi connectivity index (χ4v) is 2.84. The molecule has 0 aliphatic heterocycles. The zero-order chi connectivity index (χ0) is 17.4. The number of fused-ring (bicyclic) bond motifs is 1. The van der Waals surface area contributed by atoms with Crippen LogP contribution in [0.1, 0.15) is 41.0 Å². The maximum absolute atomic E-state index is 12.6. The highest BCUT2D eigenvalue weighted by Gasteiger charge is 2.35. The number of amides is 1. The van der Waals surface area contributed by atoms with Crippen LogP contribution in [0.25, 0.3) is 10.9 Å². The average molecular weight is 335 g/mol. The Morgan fingerprint density at radius 3 is 2.80 bits per heavy atom. The van der Waals surface area contributed by atoms with Crippen molar-refractivity contribution in [2.24, 2.45) is 5.92 Å². The highest BCUT2D eigenvalue weighted by Crippen LogP contribution is 2.39. The number of rotatable bonds is 4. The molecule has 25 heavy (non-hydrogen) atoms. The smallest absolute Gasteiger partial charge is 0.287 e. The number of aryl methyl sites for hydroxylation is 1. The first kappa shape index (κ1) is 15.4. The maximum Gasteiger partial charge on any atom is 0.287 e. The third kappa shape index (κ3) is 3.13. The van der Waals surface area contributed by atoms with E-state index in [1.54, 1.807) is 30.5 Å². The number of nitrogens with zero attached hydrogens (tertiary/aromatic N) is 3. The standard InChI is InChI=1S/C18H17N5O2/c1-10-8-9-19-15(20-10)14(11-6-7-11)22-18(25)16-21-13-5-3-2-4-12(13)17(24)23-16/h2-5,8-9,11,14H,6-7H2,1H3,(H,22,25)(H,21,23,24). The summed E-state index contributed by atoms with van der Waals surface area (Å²) in [5.74, 6) is 0.490. The predicted octanol–water partition coefficient (Wildman–Crippen LogP) is 1.90. The fourth-order valence-electron chi connectivity index (χ4n) is 2.84. The van der Waals surface area contributed by atoms with Crippen LogP contribution in [0, 0.1) is 12.8 Å². The summed E-state index contributed by atoms with van der Waals surface area (Å²) in [4.78, 5) is 40.4. The van der Waals surface area contributed by atoms with Gasteiger partial charge in [0.1, 0.15) is 0 Å². The minimum atomic E-state index is -0.426. The van der Waals surface area contributed by atoms with Gasteiger partial charge in [0.2, 0.25) is 0 Å². The lowest BCUT2D eigenvalue weighted by Crippen LogP contribution is -2.33. The molecule has 126 valence electrons. The van der Waals surface area contributed by atoms with Gasteiger partial charge in [-0.15, -0.1) is 0 Å². The van der Waals surface area contributed by atoms with E-state index in [0.717, 1.165) is 18.5 Å². The molecule has 1 unspecified atom stereocenters. The van der Waals surface area contributed by atoms with Crippen LogP contribution in [0.2, 0.25) is 0 Å². The molecule has 1 fully saturated rings. The molecule has 1 amide bonds. The number of hydrogen-bond acceptors (Lipinski definition) is 5. The van der Waals surface area contributed by atoms with E-state index in [-0.39, 0.29) is 17.4 Å². The summed E-state index contributed by atoms with van der Waals surface area (Å²) in [7, 11) is 0. The van der Waals surface area contributed by atoms with Crippen LogP contribution in [-0.2, 0) is 0 Å². The quantitative estimate of drug-likeness (QED) is 0.758. The van der Waals surface area contributed by atoms with Crippen molar-refractivity contribution in [3.63, 3.8) is 0 Å². The lowest BCUT2D eigenvalue weighted by molar-refractivity contribution is 0.0919. The second-order valence-corrected chi connectivity index (χ2v) is 6.28. The van der Waals surface area contributed by atoms with Crippen molar-refractivity contribution in [1.29, 1.82) is 0 Å². The Balaban J connectivity index is 1.65. The zero-order valence-corrected chi connectivity index (χ0v) is 13.7. The van der Waals surface area contributed by atoms with Crippen molar-refractivity contribution < 1.29 is 4.79 Å². The van der Waals surface area contributed by atoms with Crippen LogP contribution >= 0.6 is 0 Å². The molecule has 0 bridgehead atoms.